The fourth-order valence-electron chi connectivity index (χ4n) is 2.90. The second kappa shape index (κ2) is 7.49. The van der Waals surface area contributed by atoms with Crippen LogP contribution in [0.4, 0.5) is 5.69 Å². The van der Waals surface area contributed by atoms with Crippen molar-refractivity contribution in [3.05, 3.63) is 59.2 Å². The van der Waals surface area contributed by atoms with Gasteiger partial charge in [0.1, 0.15) is 12.4 Å². The van der Waals surface area contributed by atoms with E-state index >= 15 is 0 Å². The first-order valence-corrected chi connectivity index (χ1v) is 8.42. The van der Waals surface area contributed by atoms with E-state index in [9.17, 15) is 4.79 Å². The van der Waals surface area contributed by atoms with Crippen molar-refractivity contribution in [2.24, 2.45) is 0 Å². The molecule has 0 fully saturated rings. The predicted molar refractivity (Wildman–Crippen MR) is 96.9 cm³/mol. The van der Waals surface area contributed by atoms with E-state index in [0.29, 0.717) is 6.61 Å². The number of aryl methyl sites for hydroxylation is 2. The molecule has 0 saturated carbocycles. The number of carbonyl (C=O) groups excluding carboxylic acids is 1. The molecule has 4 nitrogen and oxygen atoms in total. The number of hydrogen-bond acceptors (Lipinski definition) is 3. The highest BCUT2D eigenvalue weighted by Crippen LogP contribution is 2.23. The Labute approximate surface area is 143 Å². The summed E-state index contributed by atoms with van der Waals surface area (Å²) in [7, 11) is 4.03. The lowest BCUT2D eigenvalue weighted by Gasteiger charge is -2.11. The Morgan fingerprint density at radius 1 is 1.08 bits per heavy atom. The summed E-state index contributed by atoms with van der Waals surface area (Å²) in [5, 5.41) is 2.95. The highest BCUT2D eigenvalue weighted by molar-refractivity contribution is 6.04. The third kappa shape index (κ3) is 4.15. The second-order valence-corrected chi connectivity index (χ2v) is 6.47. The standard InChI is InChI=1S/C20H24N2O2/c1-22(2)12-13-24-19-10-8-18(9-11-19)21-20(23)17-7-6-15-4-3-5-16(15)14-17/h6-11,14H,3-5,12-13H2,1-2H3,(H,21,23). The normalized spacial score (nSPS) is 13.0. The summed E-state index contributed by atoms with van der Waals surface area (Å²) in [6.45, 7) is 1.52. The molecule has 1 N–H and O–H groups in total. The third-order valence-electron chi connectivity index (χ3n) is 4.28. The van der Waals surface area contributed by atoms with Crippen LogP contribution < -0.4 is 10.1 Å². The molecule has 1 aliphatic rings. The molecule has 1 amide bonds. The molecule has 0 heterocycles. The summed E-state index contributed by atoms with van der Waals surface area (Å²) in [6.07, 6.45) is 3.40. The smallest absolute Gasteiger partial charge is 0.255 e. The molecule has 2 aromatic carbocycles. The Bertz CT molecular complexity index is 708. The van der Waals surface area contributed by atoms with Crippen LogP contribution in [-0.2, 0) is 12.8 Å². The summed E-state index contributed by atoms with van der Waals surface area (Å²) in [5.41, 5.74) is 4.19. The molecule has 0 bridgehead atoms. The number of fused-ring (bicyclic) bond motifs is 1. The average Bonchev–Trinajstić information content (AvgIpc) is 3.03. The van der Waals surface area contributed by atoms with Gasteiger partial charge in [-0.25, -0.2) is 0 Å². The van der Waals surface area contributed by atoms with E-state index in [1.54, 1.807) is 0 Å². The highest BCUT2D eigenvalue weighted by atomic mass is 16.5. The van der Waals surface area contributed by atoms with Gasteiger partial charge < -0.3 is 15.0 Å². The van der Waals surface area contributed by atoms with Gasteiger partial charge in [-0.1, -0.05) is 6.07 Å². The van der Waals surface area contributed by atoms with Crippen molar-refractivity contribution in [2.75, 3.05) is 32.6 Å². The Hall–Kier alpha value is -2.33. The Balaban J connectivity index is 1.58. The van der Waals surface area contributed by atoms with Gasteiger partial charge in [0.2, 0.25) is 0 Å². The zero-order valence-electron chi connectivity index (χ0n) is 14.3. The third-order valence-corrected chi connectivity index (χ3v) is 4.28. The number of ether oxygens (including phenoxy) is 1. The minimum Gasteiger partial charge on any atom is -0.492 e. The van der Waals surface area contributed by atoms with E-state index in [2.05, 4.69) is 16.3 Å². The van der Waals surface area contributed by atoms with Gasteiger partial charge in [0.25, 0.3) is 5.91 Å². The maximum Gasteiger partial charge on any atom is 0.255 e. The Kier molecular flexibility index (Phi) is 5.16. The molecule has 3 rings (SSSR count). The number of rotatable bonds is 6. The minimum atomic E-state index is -0.0639. The number of hydrogen-bond donors (Lipinski definition) is 1. The van der Waals surface area contributed by atoms with Gasteiger partial charge in [-0.05, 0) is 80.9 Å². The van der Waals surface area contributed by atoms with Crippen molar-refractivity contribution in [1.82, 2.24) is 4.90 Å². The van der Waals surface area contributed by atoms with Gasteiger partial charge in [-0.3, -0.25) is 4.79 Å². The predicted octanol–water partition coefficient (Wildman–Crippen LogP) is 3.37. The fourth-order valence-corrected chi connectivity index (χ4v) is 2.90. The molecule has 126 valence electrons. The number of nitrogens with one attached hydrogen (secondary N) is 1. The second-order valence-electron chi connectivity index (χ2n) is 6.47. The molecular formula is C20H24N2O2. The number of likely N-dealkylation sites (N-methyl/N-ethyl adjacent to an activating group) is 1. The first kappa shape index (κ1) is 16.5. The minimum absolute atomic E-state index is 0.0639. The zero-order valence-corrected chi connectivity index (χ0v) is 14.3. The number of nitrogens with zero attached hydrogens (tertiary/aromatic N) is 1. The lowest BCUT2D eigenvalue weighted by molar-refractivity contribution is 0.102. The summed E-state index contributed by atoms with van der Waals surface area (Å²) < 4.78 is 5.66. The molecule has 0 unspecified atom stereocenters. The van der Waals surface area contributed by atoms with Gasteiger partial charge >= 0.3 is 0 Å². The van der Waals surface area contributed by atoms with Crippen LogP contribution in [0.1, 0.15) is 27.9 Å². The molecular weight excluding hydrogens is 300 g/mol. The molecule has 0 saturated heterocycles. The Morgan fingerprint density at radius 3 is 2.58 bits per heavy atom. The highest BCUT2D eigenvalue weighted by Gasteiger charge is 2.14. The molecule has 24 heavy (non-hydrogen) atoms. The van der Waals surface area contributed by atoms with Crippen molar-refractivity contribution < 1.29 is 9.53 Å². The van der Waals surface area contributed by atoms with Crippen LogP contribution >= 0.6 is 0 Å². The lowest BCUT2D eigenvalue weighted by Crippen LogP contribution is -2.19. The van der Waals surface area contributed by atoms with Crippen LogP contribution in [0.2, 0.25) is 0 Å². The van der Waals surface area contributed by atoms with Crippen molar-refractivity contribution >= 4 is 11.6 Å². The molecule has 0 spiro atoms. The van der Waals surface area contributed by atoms with Crippen LogP contribution in [-0.4, -0.2) is 38.1 Å². The van der Waals surface area contributed by atoms with Crippen molar-refractivity contribution in [3.63, 3.8) is 0 Å². The topological polar surface area (TPSA) is 41.6 Å². The fraction of sp³-hybridized carbons (Fsp3) is 0.350. The zero-order chi connectivity index (χ0) is 16.9. The van der Waals surface area contributed by atoms with Crippen molar-refractivity contribution in [1.29, 1.82) is 0 Å². The first-order valence-electron chi connectivity index (χ1n) is 8.42. The molecule has 4 heteroatoms. The summed E-state index contributed by atoms with van der Waals surface area (Å²) >= 11 is 0. The van der Waals surface area contributed by atoms with Crippen LogP contribution in [0.25, 0.3) is 0 Å². The first-order chi connectivity index (χ1) is 11.6. The largest absolute Gasteiger partial charge is 0.492 e. The monoisotopic (exact) mass is 324 g/mol. The molecule has 0 aliphatic heterocycles. The number of carbonyl (C=O) groups is 1. The van der Waals surface area contributed by atoms with Crippen molar-refractivity contribution in [3.8, 4) is 5.75 Å². The molecule has 0 radical (unpaired) electrons. The van der Waals surface area contributed by atoms with Crippen LogP contribution in [0.3, 0.4) is 0 Å². The molecule has 1 aliphatic carbocycles. The van der Waals surface area contributed by atoms with Gasteiger partial charge in [0.15, 0.2) is 0 Å². The lowest BCUT2D eigenvalue weighted by atomic mass is 10.1. The van der Waals surface area contributed by atoms with Gasteiger partial charge in [-0.15, -0.1) is 0 Å². The van der Waals surface area contributed by atoms with E-state index in [0.717, 1.165) is 36.4 Å². The average molecular weight is 324 g/mol. The molecule has 0 atom stereocenters. The molecule has 2 aromatic rings. The van der Waals surface area contributed by atoms with Gasteiger partial charge in [0, 0.05) is 17.8 Å². The summed E-state index contributed by atoms with van der Waals surface area (Å²) in [6, 6.07) is 13.5. The van der Waals surface area contributed by atoms with E-state index < -0.39 is 0 Å². The van der Waals surface area contributed by atoms with Gasteiger partial charge in [0.05, 0.1) is 0 Å². The summed E-state index contributed by atoms with van der Waals surface area (Å²) in [4.78, 5) is 14.5. The van der Waals surface area contributed by atoms with E-state index in [-0.39, 0.29) is 5.91 Å². The van der Waals surface area contributed by atoms with Crippen molar-refractivity contribution in [2.45, 2.75) is 19.3 Å². The van der Waals surface area contributed by atoms with Crippen LogP contribution in [0, 0.1) is 0 Å². The van der Waals surface area contributed by atoms with Gasteiger partial charge in [-0.2, -0.15) is 0 Å². The van der Waals surface area contributed by atoms with E-state index in [1.165, 1.54) is 17.5 Å². The van der Waals surface area contributed by atoms with E-state index in [1.807, 2.05) is 50.5 Å². The number of amides is 1. The van der Waals surface area contributed by atoms with E-state index in [4.69, 9.17) is 4.74 Å². The number of benzene rings is 2. The molecule has 0 aromatic heterocycles. The number of anilines is 1. The Morgan fingerprint density at radius 2 is 1.83 bits per heavy atom. The summed E-state index contributed by atoms with van der Waals surface area (Å²) in [5.74, 6) is 0.748. The van der Waals surface area contributed by atoms with Crippen LogP contribution in [0.15, 0.2) is 42.5 Å². The maximum absolute atomic E-state index is 12.4. The SMILES string of the molecule is CN(C)CCOc1ccc(NC(=O)c2ccc3c(c2)CCC3)cc1. The quantitative estimate of drug-likeness (QED) is 0.886. The maximum atomic E-state index is 12.4. The van der Waals surface area contributed by atoms with Crippen LogP contribution in [0.5, 0.6) is 5.75 Å².